The fourth-order valence-corrected chi connectivity index (χ4v) is 2.26. The van der Waals surface area contributed by atoms with Gasteiger partial charge in [-0.05, 0) is 53.6 Å². The molecule has 0 radical (unpaired) electrons. The van der Waals surface area contributed by atoms with Crippen LogP contribution in [0.2, 0.25) is 0 Å². The smallest absolute Gasteiger partial charge is 0.419 e. The van der Waals surface area contributed by atoms with Crippen LogP contribution in [0.5, 0.6) is 0 Å². The van der Waals surface area contributed by atoms with Crippen LogP contribution < -0.4 is 5.76 Å². The summed E-state index contributed by atoms with van der Waals surface area (Å²) in [6, 6.07) is 5.57. The van der Waals surface area contributed by atoms with Crippen molar-refractivity contribution in [3.63, 3.8) is 0 Å². The normalized spacial score (nSPS) is 10.9. The number of carboxylic acid groups (broad SMARTS) is 1. The van der Waals surface area contributed by atoms with Gasteiger partial charge in [0.25, 0.3) is 0 Å². The van der Waals surface area contributed by atoms with Crippen LogP contribution in [-0.4, -0.2) is 15.6 Å². The molecule has 2 rings (SSSR count). The van der Waals surface area contributed by atoms with Gasteiger partial charge in [0.05, 0.1) is 5.52 Å². The molecule has 1 N–H and O–H groups in total. The van der Waals surface area contributed by atoms with Crippen molar-refractivity contribution in [2.45, 2.75) is 25.8 Å². The molecule has 5 nitrogen and oxygen atoms in total. The first kappa shape index (κ1) is 13.1. The first-order chi connectivity index (χ1) is 8.58. The number of rotatable bonds is 5. The Morgan fingerprint density at radius 3 is 2.89 bits per heavy atom. The molecule has 0 aliphatic rings. The van der Waals surface area contributed by atoms with E-state index in [4.69, 9.17) is 9.52 Å². The molecule has 0 bridgehead atoms. The van der Waals surface area contributed by atoms with Gasteiger partial charge in [-0.1, -0.05) is 0 Å². The molecule has 0 fully saturated rings. The van der Waals surface area contributed by atoms with Gasteiger partial charge < -0.3 is 9.52 Å². The quantitative estimate of drug-likeness (QED) is 0.656. The minimum atomic E-state index is -0.811. The number of hydrogen-bond donors (Lipinski definition) is 1. The van der Waals surface area contributed by atoms with Gasteiger partial charge in [-0.15, -0.1) is 0 Å². The molecule has 6 heteroatoms. The second-order valence-corrected chi connectivity index (χ2v) is 5.23. The van der Waals surface area contributed by atoms with Crippen LogP contribution in [0.1, 0.15) is 19.3 Å². The molecule has 18 heavy (non-hydrogen) atoms. The highest BCUT2D eigenvalue weighted by molar-refractivity contribution is 14.1. The largest absolute Gasteiger partial charge is 0.481 e. The van der Waals surface area contributed by atoms with Crippen molar-refractivity contribution in [2.75, 3.05) is 0 Å². The maximum absolute atomic E-state index is 11.7. The van der Waals surface area contributed by atoms with Gasteiger partial charge >= 0.3 is 11.7 Å². The molecule has 0 spiro atoms. The number of hydrogen-bond acceptors (Lipinski definition) is 3. The van der Waals surface area contributed by atoms with Gasteiger partial charge in [0.1, 0.15) is 0 Å². The van der Waals surface area contributed by atoms with E-state index < -0.39 is 5.97 Å². The highest BCUT2D eigenvalue weighted by atomic mass is 127. The molecule has 1 aromatic heterocycles. The summed E-state index contributed by atoms with van der Waals surface area (Å²) in [4.78, 5) is 22.0. The number of oxazole rings is 1. The number of halogens is 1. The van der Waals surface area contributed by atoms with Crippen LogP contribution in [0.3, 0.4) is 0 Å². The van der Waals surface area contributed by atoms with Crippen molar-refractivity contribution >= 4 is 39.7 Å². The first-order valence-electron chi connectivity index (χ1n) is 5.58. The Labute approximate surface area is 117 Å². The minimum Gasteiger partial charge on any atom is -0.481 e. The second kappa shape index (κ2) is 5.55. The van der Waals surface area contributed by atoms with Crippen molar-refractivity contribution in [1.29, 1.82) is 0 Å². The molecule has 0 unspecified atom stereocenters. The Hall–Kier alpha value is -1.31. The Morgan fingerprint density at radius 1 is 1.39 bits per heavy atom. The summed E-state index contributed by atoms with van der Waals surface area (Å²) in [5.41, 5.74) is 1.33. The lowest BCUT2D eigenvalue weighted by atomic mass is 10.2. The number of benzene rings is 1. The number of unbranched alkanes of at least 4 members (excludes halogenated alkanes) is 1. The van der Waals surface area contributed by atoms with E-state index in [1.807, 2.05) is 18.2 Å². The maximum Gasteiger partial charge on any atom is 0.419 e. The number of aliphatic carboxylic acids is 1. The van der Waals surface area contributed by atoms with Gasteiger partial charge in [-0.25, -0.2) is 4.79 Å². The van der Waals surface area contributed by atoms with Crippen molar-refractivity contribution in [3.8, 4) is 0 Å². The highest BCUT2D eigenvalue weighted by Gasteiger charge is 2.09. The number of aromatic nitrogens is 1. The Bertz CT molecular complexity index is 629. The van der Waals surface area contributed by atoms with Crippen molar-refractivity contribution in [1.82, 2.24) is 4.57 Å². The van der Waals surface area contributed by atoms with E-state index in [1.54, 1.807) is 4.57 Å². The molecule has 0 aliphatic carbocycles. The van der Waals surface area contributed by atoms with E-state index >= 15 is 0 Å². The zero-order valence-electron chi connectivity index (χ0n) is 9.56. The lowest BCUT2D eigenvalue weighted by molar-refractivity contribution is -0.137. The third-order valence-electron chi connectivity index (χ3n) is 2.65. The van der Waals surface area contributed by atoms with Gasteiger partial charge in [-0.3, -0.25) is 9.36 Å². The number of nitrogens with zero attached hydrogens (tertiary/aromatic N) is 1. The summed E-state index contributed by atoms with van der Waals surface area (Å²) < 4.78 is 7.70. The van der Waals surface area contributed by atoms with Gasteiger partial charge in [0, 0.05) is 16.5 Å². The Balaban J connectivity index is 2.15. The molecule has 0 saturated heterocycles. The molecule has 1 aromatic carbocycles. The fraction of sp³-hybridized carbons (Fsp3) is 0.333. The monoisotopic (exact) mass is 361 g/mol. The van der Waals surface area contributed by atoms with Gasteiger partial charge in [0.15, 0.2) is 5.58 Å². The molecule has 0 aliphatic heterocycles. The number of carboxylic acids is 1. The van der Waals surface area contributed by atoms with Crippen LogP contribution >= 0.6 is 22.6 Å². The van der Waals surface area contributed by atoms with Crippen LogP contribution in [0, 0.1) is 3.57 Å². The molecule has 0 amide bonds. The summed E-state index contributed by atoms with van der Waals surface area (Å²) in [6.07, 6.45) is 1.33. The Kier molecular flexibility index (Phi) is 4.05. The van der Waals surface area contributed by atoms with Gasteiger partial charge in [-0.2, -0.15) is 0 Å². The predicted molar refractivity (Wildman–Crippen MR) is 74.7 cm³/mol. The zero-order valence-corrected chi connectivity index (χ0v) is 11.7. The topological polar surface area (TPSA) is 72.4 Å². The summed E-state index contributed by atoms with van der Waals surface area (Å²) in [5, 5.41) is 8.54. The van der Waals surface area contributed by atoms with E-state index in [0.29, 0.717) is 25.0 Å². The molecule has 96 valence electrons. The standard InChI is InChI=1S/C12H12INO4/c13-8-4-5-9-10(7-8)18-12(17)14(9)6-2-1-3-11(15)16/h4-5,7H,1-3,6H2,(H,15,16). The van der Waals surface area contributed by atoms with Crippen LogP contribution in [-0.2, 0) is 11.3 Å². The first-order valence-corrected chi connectivity index (χ1v) is 6.66. The van der Waals surface area contributed by atoms with E-state index in [2.05, 4.69) is 22.6 Å². The third-order valence-corrected chi connectivity index (χ3v) is 3.32. The number of aryl methyl sites for hydroxylation is 1. The highest BCUT2D eigenvalue weighted by Crippen LogP contribution is 2.16. The summed E-state index contributed by atoms with van der Waals surface area (Å²) >= 11 is 2.15. The van der Waals surface area contributed by atoms with Crippen molar-refractivity contribution in [2.24, 2.45) is 0 Å². The number of fused-ring (bicyclic) bond motifs is 1. The van der Waals surface area contributed by atoms with E-state index in [-0.39, 0.29) is 12.2 Å². The molecule has 0 saturated carbocycles. The van der Waals surface area contributed by atoms with Crippen molar-refractivity contribution < 1.29 is 14.3 Å². The Morgan fingerprint density at radius 2 is 2.17 bits per heavy atom. The van der Waals surface area contributed by atoms with Crippen LogP contribution in [0.4, 0.5) is 0 Å². The summed E-state index contributed by atoms with van der Waals surface area (Å²) in [7, 11) is 0. The SMILES string of the molecule is O=C(O)CCCCn1c(=O)oc2cc(I)ccc21. The second-order valence-electron chi connectivity index (χ2n) is 3.98. The zero-order chi connectivity index (χ0) is 13.1. The molecule has 1 heterocycles. The fourth-order valence-electron chi connectivity index (χ4n) is 1.80. The number of carbonyl (C=O) groups is 1. The van der Waals surface area contributed by atoms with E-state index in [9.17, 15) is 9.59 Å². The lowest BCUT2D eigenvalue weighted by Crippen LogP contribution is -2.14. The molecular weight excluding hydrogens is 349 g/mol. The maximum atomic E-state index is 11.7. The summed E-state index contributed by atoms with van der Waals surface area (Å²) in [5.74, 6) is -1.20. The van der Waals surface area contributed by atoms with Crippen LogP contribution in [0.25, 0.3) is 11.1 Å². The van der Waals surface area contributed by atoms with Crippen molar-refractivity contribution in [3.05, 3.63) is 32.3 Å². The van der Waals surface area contributed by atoms with E-state index in [0.717, 1.165) is 9.09 Å². The average molecular weight is 361 g/mol. The van der Waals surface area contributed by atoms with Gasteiger partial charge in [0.2, 0.25) is 0 Å². The lowest BCUT2D eigenvalue weighted by Gasteiger charge is -2.01. The minimum absolute atomic E-state index is 0.127. The summed E-state index contributed by atoms with van der Waals surface area (Å²) in [6.45, 7) is 0.486. The third kappa shape index (κ3) is 2.92. The molecule has 2 aromatic rings. The predicted octanol–water partition coefficient (Wildman–Crippen LogP) is 2.45. The van der Waals surface area contributed by atoms with E-state index in [1.165, 1.54) is 0 Å². The molecular formula is C12H12INO4. The van der Waals surface area contributed by atoms with Crippen LogP contribution in [0.15, 0.2) is 27.4 Å². The average Bonchev–Trinajstić information content (AvgIpc) is 2.59. The molecule has 0 atom stereocenters.